The summed E-state index contributed by atoms with van der Waals surface area (Å²) in [6.07, 6.45) is 0. The van der Waals surface area contributed by atoms with Crippen LogP contribution in [0.3, 0.4) is 0 Å². The molecule has 0 aromatic carbocycles. The van der Waals surface area contributed by atoms with E-state index in [1.165, 1.54) is 0 Å². The van der Waals surface area contributed by atoms with Crippen molar-refractivity contribution >= 4 is 11.8 Å². The average Bonchev–Trinajstić information content (AvgIpc) is 2.26. The van der Waals surface area contributed by atoms with Crippen molar-refractivity contribution in [1.29, 1.82) is 0 Å². The quantitative estimate of drug-likeness (QED) is 0.312. The molecule has 0 radical (unpaired) electrons. The van der Waals surface area contributed by atoms with Gasteiger partial charge >= 0.3 is 0 Å². The molecule has 0 aromatic rings. The minimum Gasteiger partial charge on any atom is -0.358 e. The lowest BCUT2D eigenvalue weighted by Crippen LogP contribution is -2.53. The van der Waals surface area contributed by atoms with Crippen LogP contribution in [0.4, 0.5) is 0 Å². The third kappa shape index (κ3) is 4.16. The van der Waals surface area contributed by atoms with Crippen molar-refractivity contribution in [1.82, 2.24) is 15.6 Å². The molecule has 0 bridgehead atoms. The summed E-state index contributed by atoms with van der Waals surface area (Å²) in [5.74, 6) is 4.85. The van der Waals surface area contributed by atoms with Crippen LogP contribution >= 0.6 is 0 Å². The van der Waals surface area contributed by atoms with Crippen LogP contribution in [0.15, 0.2) is 0 Å². The van der Waals surface area contributed by atoms with Gasteiger partial charge in [-0.25, -0.2) is 5.84 Å². The van der Waals surface area contributed by atoms with E-state index in [2.05, 4.69) is 10.7 Å². The van der Waals surface area contributed by atoms with Crippen LogP contribution in [-0.2, 0) is 9.59 Å². The van der Waals surface area contributed by atoms with Crippen LogP contribution in [0.25, 0.3) is 0 Å². The molecule has 0 aliphatic rings. The van der Waals surface area contributed by atoms with Crippen molar-refractivity contribution < 1.29 is 9.59 Å². The number of nitrogens with zero attached hydrogens (tertiary/aromatic N) is 1. The Kier molecular flexibility index (Phi) is 6.67. The molecule has 0 aliphatic carbocycles. The Morgan fingerprint density at radius 2 is 1.94 bits per heavy atom. The molecular formula is C10H22N4O2. The summed E-state index contributed by atoms with van der Waals surface area (Å²) >= 11 is 0. The smallest absolute Gasteiger partial charge is 0.251 e. The summed E-state index contributed by atoms with van der Waals surface area (Å²) in [6.45, 7) is 6.56. The number of amides is 2. The van der Waals surface area contributed by atoms with E-state index in [1.807, 2.05) is 20.8 Å². The zero-order valence-corrected chi connectivity index (χ0v) is 10.4. The molecule has 0 saturated heterocycles. The Morgan fingerprint density at radius 1 is 1.38 bits per heavy atom. The summed E-state index contributed by atoms with van der Waals surface area (Å²) in [5.41, 5.74) is 2.14. The molecule has 2 amide bonds. The second kappa shape index (κ2) is 7.19. The van der Waals surface area contributed by atoms with Gasteiger partial charge in [0.25, 0.3) is 5.91 Å². The molecule has 0 fully saturated rings. The maximum Gasteiger partial charge on any atom is 0.251 e. The Balaban J connectivity index is 4.71. The molecule has 6 heteroatoms. The first-order valence-corrected chi connectivity index (χ1v) is 5.42. The topological polar surface area (TPSA) is 87.5 Å². The monoisotopic (exact) mass is 230 g/mol. The van der Waals surface area contributed by atoms with Crippen LogP contribution in [0.2, 0.25) is 0 Å². The number of likely N-dealkylation sites (N-methyl/N-ethyl adjacent to an activating group) is 2. The zero-order valence-electron chi connectivity index (χ0n) is 10.4. The van der Waals surface area contributed by atoms with Crippen LogP contribution in [0.1, 0.15) is 20.8 Å². The molecule has 0 rings (SSSR count). The first-order chi connectivity index (χ1) is 7.47. The summed E-state index contributed by atoms with van der Waals surface area (Å²) < 4.78 is 0. The van der Waals surface area contributed by atoms with Crippen LogP contribution in [0, 0.1) is 5.92 Å². The van der Waals surface area contributed by atoms with Gasteiger partial charge in [-0.3, -0.25) is 19.9 Å². The number of carbonyl (C=O) groups is 2. The van der Waals surface area contributed by atoms with Gasteiger partial charge in [0.05, 0.1) is 12.6 Å². The van der Waals surface area contributed by atoms with Gasteiger partial charge < -0.3 is 5.32 Å². The SMILES string of the molecule is CCN(CC(=O)NC)C(C(=O)NN)C(C)C. The molecular weight excluding hydrogens is 208 g/mol. The number of hydrogen-bond acceptors (Lipinski definition) is 4. The van der Waals surface area contributed by atoms with Crippen molar-refractivity contribution in [3.8, 4) is 0 Å². The molecule has 0 heterocycles. The van der Waals surface area contributed by atoms with Crippen LogP contribution < -0.4 is 16.6 Å². The molecule has 1 unspecified atom stereocenters. The third-order valence-electron chi connectivity index (χ3n) is 2.47. The lowest BCUT2D eigenvalue weighted by atomic mass is 10.0. The normalized spacial score (nSPS) is 12.7. The summed E-state index contributed by atoms with van der Waals surface area (Å²) in [4.78, 5) is 24.7. The third-order valence-corrected chi connectivity index (χ3v) is 2.47. The van der Waals surface area contributed by atoms with Gasteiger partial charge in [-0.2, -0.15) is 0 Å². The lowest BCUT2D eigenvalue weighted by Gasteiger charge is -2.31. The van der Waals surface area contributed by atoms with Gasteiger partial charge in [0.1, 0.15) is 0 Å². The molecule has 1 atom stereocenters. The first-order valence-electron chi connectivity index (χ1n) is 5.42. The summed E-state index contributed by atoms with van der Waals surface area (Å²) in [5, 5.41) is 2.54. The Labute approximate surface area is 96.5 Å². The van der Waals surface area contributed by atoms with Gasteiger partial charge in [0, 0.05) is 7.05 Å². The molecule has 0 aromatic heterocycles. The molecule has 0 spiro atoms. The van der Waals surface area contributed by atoms with E-state index in [0.717, 1.165) is 0 Å². The van der Waals surface area contributed by atoms with E-state index in [4.69, 9.17) is 5.84 Å². The fourth-order valence-corrected chi connectivity index (χ4v) is 1.65. The Bertz CT molecular complexity index is 243. The van der Waals surface area contributed by atoms with Crippen molar-refractivity contribution in [2.75, 3.05) is 20.1 Å². The molecule has 16 heavy (non-hydrogen) atoms. The average molecular weight is 230 g/mol. The maximum atomic E-state index is 11.6. The summed E-state index contributed by atoms with van der Waals surface area (Å²) in [7, 11) is 1.57. The molecule has 0 aliphatic heterocycles. The van der Waals surface area contributed by atoms with E-state index in [9.17, 15) is 9.59 Å². The van der Waals surface area contributed by atoms with Gasteiger partial charge in [-0.1, -0.05) is 20.8 Å². The van der Waals surface area contributed by atoms with E-state index in [-0.39, 0.29) is 30.3 Å². The van der Waals surface area contributed by atoms with Gasteiger partial charge in [0.15, 0.2) is 0 Å². The standard InChI is InChI=1S/C10H22N4O2/c1-5-14(6-8(15)12-4)9(7(2)3)10(16)13-11/h7,9H,5-6,11H2,1-4H3,(H,12,15)(H,13,16). The number of rotatable bonds is 6. The van der Waals surface area contributed by atoms with Gasteiger partial charge in [-0.15, -0.1) is 0 Å². The van der Waals surface area contributed by atoms with E-state index < -0.39 is 0 Å². The molecule has 0 saturated carbocycles. The number of nitrogens with two attached hydrogens (primary N) is 1. The fraction of sp³-hybridized carbons (Fsp3) is 0.800. The molecule has 6 nitrogen and oxygen atoms in total. The van der Waals surface area contributed by atoms with E-state index >= 15 is 0 Å². The number of hydrazine groups is 1. The molecule has 4 N–H and O–H groups in total. The molecule has 94 valence electrons. The van der Waals surface area contributed by atoms with Crippen molar-refractivity contribution in [2.24, 2.45) is 11.8 Å². The Morgan fingerprint density at radius 3 is 2.25 bits per heavy atom. The fourth-order valence-electron chi connectivity index (χ4n) is 1.65. The minimum atomic E-state index is -0.382. The highest BCUT2D eigenvalue weighted by Gasteiger charge is 2.28. The van der Waals surface area contributed by atoms with E-state index in [1.54, 1.807) is 11.9 Å². The van der Waals surface area contributed by atoms with Crippen molar-refractivity contribution in [3.63, 3.8) is 0 Å². The Hall–Kier alpha value is -1.14. The highest BCUT2D eigenvalue weighted by atomic mass is 16.2. The van der Waals surface area contributed by atoms with Crippen molar-refractivity contribution in [2.45, 2.75) is 26.8 Å². The largest absolute Gasteiger partial charge is 0.358 e. The lowest BCUT2D eigenvalue weighted by molar-refractivity contribution is -0.130. The first kappa shape index (κ1) is 14.9. The van der Waals surface area contributed by atoms with Crippen molar-refractivity contribution in [3.05, 3.63) is 0 Å². The number of hydrogen-bond donors (Lipinski definition) is 3. The van der Waals surface area contributed by atoms with Crippen LogP contribution in [-0.4, -0.2) is 42.9 Å². The predicted octanol–water partition coefficient (Wildman–Crippen LogP) is -0.931. The highest BCUT2D eigenvalue weighted by Crippen LogP contribution is 2.10. The maximum absolute atomic E-state index is 11.6. The second-order valence-corrected chi connectivity index (χ2v) is 3.93. The van der Waals surface area contributed by atoms with Gasteiger partial charge in [-0.05, 0) is 12.5 Å². The predicted molar refractivity (Wildman–Crippen MR) is 62.3 cm³/mol. The van der Waals surface area contributed by atoms with E-state index in [0.29, 0.717) is 6.54 Å². The second-order valence-electron chi connectivity index (χ2n) is 3.93. The summed E-state index contributed by atoms with van der Waals surface area (Å²) in [6, 6.07) is -0.382. The number of nitrogens with one attached hydrogen (secondary N) is 2. The zero-order chi connectivity index (χ0) is 12.7. The number of carbonyl (C=O) groups excluding carboxylic acids is 2. The minimum absolute atomic E-state index is 0.0909. The van der Waals surface area contributed by atoms with Gasteiger partial charge in [0.2, 0.25) is 5.91 Å². The van der Waals surface area contributed by atoms with Crippen LogP contribution in [0.5, 0.6) is 0 Å². The highest BCUT2D eigenvalue weighted by molar-refractivity contribution is 5.83.